The third-order valence-electron chi connectivity index (χ3n) is 4.36. The molecule has 2 heterocycles. The van der Waals surface area contributed by atoms with Gasteiger partial charge in [-0.05, 0) is 36.5 Å². The molecule has 2 aromatic heterocycles. The Bertz CT molecular complexity index is 615. The third kappa shape index (κ3) is 5.56. The number of nitrogens with zero attached hydrogens (tertiary/aromatic N) is 3. The Morgan fingerprint density at radius 2 is 2.12 bits per heavy atom. The molecule has 1 aliphatic rings. The van der Waals surface area contributed by atoms with Gasteiger partial charge >= 0.3 is 0 Å². The lowest BCUT2D eigenvalue weighted by molar-refractivity contribution is -0.119. The lowest BCUT2D eigenvalue weighted by Gasteiger charge is -2.22. The van der Waals surface area contributed by atoms with Crippen molar-refractivity contribution in [2.24, 2.45) is 5.92 Å². The van der Waals surface area contributed by atoms with E-state index in [2.05, 4.69) is 20.5 Å². The third-order valence-corrected chi connectivity index (χ3v) is 6.22. The van der Waals surface area contributed by atoms with Gasteiger partial charge in [-0.25, -0.2) is 0 Å². The molecule has 5 nitrogen and oxygen atoms in total. The number of hydrogen-bond acceptors (Lipinski definition) is 6. The van der Waals surface area contributed by atoms with Crippen molar-refractivity contribution >= 4 is 29.0 Å². The van der Waals surface area contributed by atoms with Crippen LogP contribution >= 0.6 is 23.1 Å². The first kappa shape index (κ1) is 17.4. The van der Waals surface area contributed by atoms with Gasteiger partial charge in [0.25, 0.3) is 0 Å². The van der Waals surface area contributed by atoms with Crippen molar-refractivity contribution in [1.29, 1.82) is 0 Å². The van der Waals surface area contributed by atoms with Crippen LogP contribution in [-0.4, -0.2) is 32.9 Å². The van der Waals surface area contributed by atoms with Gasteiger partial charge in [0.15, 0.2) is 4.34 Å². The predicted octanol–water partition coefficient (Wildman–Crippen LogP) is 3.33. The van der Waals surface area contributed by atoms with Gasteiger partial charge in [-0.1, -0.05) is 48.8 Å². The van der Waals surface area contributed by atoms with Crippen molar-refractivity contribution < 1.29 is 4.79 Å². The summed E-state index contributed by atoms with van der Waals surface area (Å²) in [7, 11) is 0. The molecule has 1 N–H and O–H groups in total. The monoisotopic (exact) mass is 362 g/mol. The number of aromatic nitrogens is 3. The van der Waals surface area contributed by atoms with Crippen LogP contribution in [0.15, 0.2) is 34.4 Å². The van der Waals surface area contributed by atoms with E-state index in [0.717, 1.165) is 23.1 Å². The molecular formula is C17H22N4OS2. The van der Waals surface area contributed by atoms with Crippen LogP contribution in [0.2, 0.25) is 0 Å². The van der Waals surface area contributed by atoms with E-state index in [1.807, 2.05) is 24.5 Å². The second-order valence-corrected chi connectivity index (χ2v) is 8.26. The highest BCUT2D eigenvalue weighted by atomic mass is 32.2. The van der Waals surface area contributed by atoms with E-state index in [0.29, 0.717) is 5.75 Å². The normalized spacial score (nSPS) is 16.2. The van der Waals surface area contributed by atoms with Crippen LogP contribution in [0.25, 0.3) is 0 Å². The van der Waals surface area contributed by atoms with Crippen molar-refractivity contribution in [3.63, 3.8) is 0 Å². The van der Waals surface area contributed by atoms with Gasteiger partial charge in [0, 0.05) is 18.4 Å². The van der Waals surface area contributed by atoms with Gasteiger partial charge in [-0.15, -0.1) is 10.2 Å². The summed E-state index contributed by atoms with van der Waals surface area (Å²) in [6, 6.07) is 4.26. The van der Waals surface area contributed by atoms with E-state index >= 15 is 0 Å². The topological polar surface area (TPSA) is 67.8 Å². The SMILES string of the molecule is O=C(CSc1nncs1)N[C@H](Cc1ccncc1)CC1CCCC1. The fourth-order valence-corrected chi connectivity index (χ4v) is 4.57. The number of carbonyl (C=O) groups is 1. The van der Waals surface area contributed by atoms with Crippen LogP contribution in [0.1, 0.15) is 37.7 Å². The highest BCUT2D eigenvalue weighted by molar-refractivity contribution is 8.01. The molecule has 0 saturated heterocycles. The summed E-state index contributed by atoms with van der Waals surface area (Å²) < 4.78 is 0.839. The standard InChI is InChI=1S/C17H22N4OS2/c22-16(11-23-17-21-19-12-24-17)20-15(9-13-3-1-2-4-13)10-14-5-7-18-8-6-14/h5-8,12-13,15H,1-4,9-11H2,(H,20,22)/t15-/m0/s1. The Balaban J connectivity index is 1.54. The van der Waals surface area contributed by atoms with Crippen LogP contribution in [0.5, 0.6) is 0 Å². The largest absolute Gasteiger partial charge is 0.352 e. The maximum atomic E-state index is 12.3. The number of carbonyl (C=O) groups excluding carboxylic acids is 1. The molecular weight excluding hydrogens is 340 g/mol. The predicted molar refractivity (Wildman–Crippen MR) is 97.1 cm³/mol. The van der Waals surface area contributed by atoms with Crippen LogP contribution < -0.4 is 5.32 Å². The average molecular weight is 363 g/mol. The molecule has 24 heavy (non-hydrogen) atoms. The summed E-state index contributed by atoms with van der Waals surface area (Å²) in [4.78, 5) is 16.4. The summed E-state index contributed by atoms with van der Waals surface area (Å²) >= 11 is 2.92. The molecule has 1 amide bonds. The van der Waals surface area contributed by atoms with Gasteiger partial charge < -0.3 is 5.32 Å². The van der Waals surface area contributed by atoms with E-state index < -0.39 is 0 Å². The molecule has 1 atom stereocenters. The summed E-state index contributed by atoms with van der Waals surface area (Å²) in [5.74, 6) is 1.22. The smallest absolute Gasteiger partial charge is 0.230 e. The second-order valence-electron chi connectivity index (χ2n) is 6.20. The van der Waals surface area contributed by atoms with Gasteiger partial charge in [0.05, 0.1) is 5.75 Å². The lowest BCUT2D eigenvalue weighted by Crippen LogP contribution is -2.38. The molecule has 0 radical (unpaired) electrons. The molecule has 0 aromatic carbocycles. The van der Waals surface area contributed by atoms with Crippen LogP contribution in [0.4, 0.5) is 0 Å². The van der Waals surface area contributed by atoms with Gasteiger partial charge in [0.2, 0.25) is 5.91 Å². The highest BCUT2D eigenvalue weighted by Gasteiger charge is 2.22. The molecule has 0 spiro atoms. The quantitative estimate of drug-likeness (QED) is 0.730. The minimum absolute atomic E-state index is 0.0762. The van der Waals surface area contributed by atoms with E-state index in [1.165, 1.54) is 54.3 Å². The van der Waals surface area contributed by atoms with Crippen molar-refractivity contribution in [3.05, 3.63) is 35.6 Å². The number of thioether (sulfide) groups is 1. The molecule has 128 valence electrons. The second kappa shape index (κ2) is 9.13. The number of pyridine rings is 1. The molecule has 0 bridgehead atoms. The first-order valence-electron chi connectivity index (χ1n) is 8.37. The molecule has 1 fully saturated rings. The Labute approximate surface area is 150 Å². The summed E-state index contributed by atoms with van der Waals surface area (Å²) in [6.07, 6.45) is 10.8. The summed E-state index contributed by atoms with van der Waals surface area (Å²) in [5.41, 5.74) is 2.91. The number of nitrogens with one attached hydrogen (secondary N) is 1. The zero-order valence-corrected chi connectivity index (χ0v) is 15.2. The maximum absolute atomic E-state index is 12.3. The Morgan fingerprint density at radius 3 is 2.83 bits per heavy atom. The van der Waals surface area contributed by atoms with Crippen LogP contribution in [0, 0.1) is 5.92 Å². The van der Waals surface area contributed by atoms with E-state index in [9.17, 15) is 4.79 Å². The fourth-order valence-electron chi connectivity index (χ4n) is 3.27. The van der Waals surface area contributed by atoms with E-state index in [-0.39, 0.29) is 11.9 Å². The van der Waals surface area contributed by atoms with Crippen molar-refractivity contribution in [1.82, 2.24) is 20.5 Å². The molecule has 2 aromatic rings. The average Bonchev–Trinajstić information content (AvgIpc) is 3.27. The number of amides is 1. The van der Waals surface area contributed by atoms with Gasteiger partial charge in [-0.3, -0.25) is 9.78 Å². The van der Waals surface area contributed by atoms with Gasteiger partial charge in [-0.2, -0.15) is 0 Å². The van der Waals surface area contributed by atoms with Gasteiger partial charge in [0.1, 0.15) is 5.51 Å². The molecule has 0 unspecified atom stereocenters. The van der Waals surface area contributed by atoms with E-state index in [1.54, 1.807) is 5.51 Å². The molecule has 1 aliphatic carbocycles. The first-order chi connectivity index (χ1) is 11.8. The maximum Gasteiger partial charge on any atom is 0.230 e. The van der Waals surface area contributed by atoms with Crippen molar-refractivity contribution in [3.8, 4) is 0 Å². The number of hydrogen-bond donors (Lipinski definition) is 1. The number of rotatable bonds is 8. The summed E-state index contributed by atoms with van der Waals surface area (Å²) in [6.45, 7) is 0. The van der Waals surface area contributed by atoms with Crippen molar-refractivity contribution in [2.45, 2.75) is 48.9 Å². The minimum atomic E-state index is 0.0762. The zero-order chi connectivity index (χ0) is 16.6. The van der Waals surface area contributed by atoms with Crippen molar-refractivity contribution in [2.75, 3.05) is 5.75 Å². The van der Waals surface area contributed by atoms with Crippen LogP contribution in [0.3, 0.4) is 0 Å². The zero-order valence-electron chi connectivity index (χ0n) is 13.6. The highest BCUT2D eigenvalue weighted by Crippen LogP contribution is 2.29. The molecule has 7 heteroatoms. The summed E-state index contributed by atoms with van der Waals surface area (Å²) in [5, 5.41) is 11.0. The van der Waals surface area contributed by atoms with E-state index in [4.69, 9.17) is 0 Å². The Kier molecular flexibility index (Phi) is 6.60. The first-order valence-corrected chi connectivity index (χ1v) is 10.2. The van der Waals surface area contributed by atoms with Crippen LogP contribution in [-0.2, 0) is 11.2 Å². The molecule has 3 rings (SSSR count). The Morgan fingerprint density at radius 1 is 1.33 bits per heavy atom. The molecule has 1 saturated carbocycles. The lowest BCUT2D eigenvalue weighted by atomic mass is 9.94. The fraction of sp³-hybridized carbons (Fsp3) is 0.529. The molecule has 0 aliphatic heterocycles. The minimum Gasteiger partial charge on any atom is -0.352 e. The Hall–Kier alpha value is -1.47.